The fraction of sp³-hybridized carbons (Fsp3) is 0.588. The maximum Gasteiger partial charge on any atom is 0.222 e. The molecule has 0 saturated carbocycles. The van der Waals surface area contributed by atoms with E-state index in [0.717, 1.165) is 5.56 Å². The molecule has 2 atom stereocenters. The number of methoxy groups -OCH3 is 1. The smallest absolute Gasteiger partial charge is 0.222 e. The lowest BCUT2D eigenvalue weighted by Crippen LogP contribution is -2.34. The van der Waals surface area contributed by atoms with Crippen LogP contribution in [0.1, 0.15) is 44.4 Å². The first-order valence-corrected chi connectivity index (χ1v) is 7.56. The van der Waals surface area contributed by atoms with Crippen LogP contribution in [0.3, 0.4) is 0 Å². The summed E-state index contributed by atoms with van der Waals surface area (Å²) in [5.41, 5.74) is 7.55. The molecule has 1 amide bonds. The Hall–Kier alpha value is -1.14. The molecular formula is C17H29ClN2O3. The van der Waals surface area contributed by atoms with Crippen LogP contribution in [0.5, 0.6) is 0 Å². The summed E-state index contributed by atoms with van der Waals surface area (Å²) in [6.45, 7) is 6.89. The molecule has 1 aromatic rings. The van der Waals surface area contributed by atoms with Gasteiger partial charge in [0.15, 0.2) is 0 Å². The average Bonchev–Trinajstić information content (AvgIpc) is 2.49. The van der Waals surface area contributed by atoms with E-state index in [0.29, 0.717) is 6.54 Å². The van der Waals surface area contributed by atoms with E-state index in [1.165, 1.54) is 12.7 Å². The minimum atomic E-state index is -0.725. The summed E-state index contributed by atoms with van der Waals surface area (Å²) < 4.78 is 5.06. The maximum absolute atomic E-state index is 11.7. The molecule has 0 bridgehead atoms. The monoisotopic (exact) mass is 344 g/mol. The van der Waals surface area contributed by atoms with Crippen LogP contribution in [0.4, 0.5) is 0 Å². The molecule has 0 aliphatic rings. The van der Waals surface area contributed by atoms with E-state index in [1.54, 1.807) is 0 Å². The highest BCUT2D eigenvalue weighted by Gasteiger charge is 2.16. The molecule has 0 aliphatic carbocycles. The van der Waals surface area contributed by atoms with Gasteiger partial charge in [-0.2, -0.15) is 0 Å². The van der Waals surface area contributed by atoms with Gasteiger partial charge in [0.1, 0.15) is 0 Å². The Kier molecular flexibility index (Phi) is 9.39. The second kappa shape index (κ2) is 9.88. The largest absolute Gasteiger partial charge is 0.387 e. The molecular weight excluding hydrogens is 316 g/mol. The molecule has 0 spiro atoms. The van der Waals surface area contributed by atoms with Gasteiger partial charge in [-0.3, -0.25) is 4.79 Å². The van der Waals surface area contributed by atoms with E-state index in [2.05, 4.69) is 26.1 Å². The van der Waals surface area contributed by atoms with E-state index in [9.17, 15) is 9.90 Å². The number of carbonyl (C=O) groups is 1. The Morgan fingerprint density at radius 3 is 2.30 bits per heavy atom. The van der Waals surface area contributed by atoms with Gasteiger partial charge in [0, 0.05) is 20.2 Å². The van der Waals surface area contributed by atoms with E-state index in [-0.39, 0.29) is 42.8 Å². The van der Waals surface area contributed by atoms with Crippen molar-refractivity contribution in [2.24, 2.45) is 5.73 Å². The number of aliphatic hydroxyl groups excluding tert-OH is 1. The van der Waals surface area contributed by atoms with E-state index in [4.69, 9.17) is 10.5 Å². The summed E-state index contributed by atoms with van der Waals surface area (Å²) in [5.74, 6) is -0.178. The van der Waals surface area contributed by atoms with Crippen molar-refractivity contribution >= 4 is 18.3 Å². The highest BCUT2D eigenvalue weighted by molar-refractivity contribution is 5.85. The Morgan fingerprint density at radius 1 is 1.30 bits per heavy atom. The molecule has 1 aromatic carbocycles. The number of benzene rings is 1. The van der Waals surface area contributed by atoms with Crippen molar-refractivity contribution in [1.82, 2.24) is 5.32 Å². The molecule has 5 nitrogen and oxygen atoms in total. The van der Waals surface area contributed by atoms with Crippen LogP contribution < -0.4 is 11.1 Å². The highest BCUT2D eigenvalue weighted by atomic mass is 35.5. The average molecular weight is 345 g/mol. The van der Waals surface area contributed by atoms with Crippen molar-refractivity contribution in [1.29, 1.82) is 0 Å². The molecule has 0 fully saturated rings. The van der Waals surface area contributed by atoms with Gasteiger partial charge in [-0.05, 0) is 16.5 Å². The first-order valence-electron chi connectivity index (χ1n) is 7.56. The number of carbonyl (C=O) groups excluding carboxylic acids is 1. The van der Waals surface area contributed by atoms with E-state index in [1.807, 2.05) is 24.3 Å². The molecule has 132 valence electrons. The van der Waals surface area contributed by atoms with Crippen molar-refractivity contribution in [3.8, 4) is 0 Å². The third kappa shape index (κ3) is 7.31. The molecule has 2 unspecified atom stereocenters. The fourth-order valence-corrected chi connectivity index (χ4v) is 2.08. The zero-order valence-corrected chi connectivity index (χ0v) is 15.2. The highest BCUT2D eigenvalue weighted by Crippen LogP contribution is 2.23. The number of amides is 1. The van der Waals surface area contributed by atoms with Gasteiger partial charge in [0.05, 0.1) is 18.6 Å². The molecule has 4 N–H and O–H groups in total. The third-order valence-electron chi connectivity index (χ3n) is 3.66. The summed E-state index contributed by atoms with van der Waals surface area (Å²) in [6.07, 6.45) is -0.817. The van der Waals surface area contributed by atoms with Gasteiger partial charge >= 0.3 is 0 Å². The second-order valence-electron chi connectivity index (χ2n) is 6.49. The molecule has 0 heterocycles. The number of hydrogen-bond acceptors (Lipinski definition) is 4. The normalized spacial score (nSPS) is 13.8. The van der Waals surface area contributed by atoms with Gasteiger partial charge in [-0.15, -0.1) is 12.4 Å². The topological polar surface area (TPSA) is 84.6 Å². The second-order valence-corrected chi connectivity index (χ2v) is 6.49. The molecule has 6 heteroatoms. The number of nitrogens with two attached hydrogens (primary N) is 1. The minimum Gasteiger partial charge on any atom is -0.387 e. The molecule has 0 saturated heterocycles. The summed E-state index contributed by atoms with van der Waals surface area (Å²) >= 11 is 0. The molecule has 23 heavy (non-hydrogen) atoms. The number of nitrogens with one attached hydrogen (secondary N) is 1. The maximum atomic E-state index is 11.7. The van der Waals surface area contributed by atoms with E-state index < -0.39 is 6.10 Å². The van der Waals surface area contributed by atoms with Gasteiger partial charge in [0.2, 0.25) is 5.91 Å². The molecule has 1 rings (SSSR count). The predicted molar refractivity (Wildman–Crippen MR) is 94.8 cm³/mol. The predicted octanol–water partition coefficient (Wildman–Crippen LogP) is 1.92. The number of rotatable bonds is 7. The van der Waals surface area contributed by atoms with Crippen molar-refractivity contribution in [2.45, 2.75) is 44.8 Å². The van der Waals surface area contributed by atoms with Crippen molar-refractivity contribution in [3.05, 3.63) is 35.4 Å². The van der Waals surface area contributed by atoms with Gasteiger partial charge in [-0.25, -0.2) is 0 Å². The number of ether oxygens (including phenoxy) is 1. The van der Waals surface area contributed by atoms with Crippen LogP contribution in [0.25, 0.3) is 0 Å². The summed E-state index contributed by atoms with van der Waals surface area (Å²) in [4.78, 5) is 11.7. The lowest BCUT2D eigenvalue weighted by atomic mass is 9.86. The van der Waals surface area contributed by atoms with Crippen LogP contribution in [0.15, 0.2) is 24.3 Å². The van der Waals surface area contributed by atoms with Crippen LogP contribution in [-0.2, 0) is 14.9 Å². The van der Waals surface area contributed by atoms with Crippen molar-refractivity contribution in [3.63, 3.8) is 0 Å². The molecule has 0 aliphatic heterocycles. The third-order valence-corrected chi connectivity index (χ3v) is 3.66. The first-order chi connectivity index (χ1) is 10.3. The zero-order valence-electron chi connectivity index (χ0n) is 14.3. The fourth-order valence-electron chi connectivity index (χ4n) is 2.08. The summed E-state index contributed by atoms with van der Waals surface area (Å²) in [6, 6.07) is 7.82. The van der Waals surface area contributed by atoms with Crippen molar-refractivity contribution in [2.75, 3.05) is 20.2 Å². The molecule has 0 aromatic heterocycles. The summed E-state index contributed by atoms with van der Waals surface area (Å²) in [7, 11) is 1.52. The molecule has 0 radical (unpaired) electrons. The number of halogens is 1. The van der Waals surface area contributed by atoms with Gasteiger partial charge in [0.25, 0.3) is 0 Å². The first kappa shape index (κ1) is 21.9. The standard InChI is InChI=1S/C17H28N2O3.ClH/c1-17(2,3)13-7-5-12(6-8-13)15(20)11-19-16(21)9-14(10-18)22-4;/h5-8,14-15,20H,9-11,18H2,1-4H3,(H,19,21);1H. The lowest BCUT2D eigenvalue weighted by molar-refractivity contribution is -0.123. The lowest BCUT2D eigenvalue weighted by Gasteiger charge is -2.20. The van der Waals surface area contributed by atoms with Crippen LogP contribution in [-0.4, -0.2) is 37.3 Å². The minimum absolute atomic E-state index is 0. The summed E-state index contributed by atoms with van der Waals surface area (Å²) in [5, 5.41) is 12.8. The Bertz CT molecular complexity index is 468. The van der Waals surface area contributed by atoms with Crippen LogP contribution in [0, 0.1) is 0 Å². The Morgan fingerprint density at radius 2 is 1.87 bits per heavy atom. The number of hydrogen-bond donors (Lipinski definition) is 3. The SMILES string of the molecule is COC(CN)CC(=O)NCC(O)c1ccc(C(C)(C)C)cc1.Cl. The van der Waals surface area contributed by atoms with Crippen LogP contribution >= 0.6 is 12.4 Å². The zero-order chi connectivity index (χ0) is 16.8. The van der Waals surface area contributed by atoms with E-state index >= 15 is 0 Å². The Labute approximate surface area is 145 Å². The quantitative estimate of drug-likeness (QED) is 0.705. The van der Waals surface area contributed by atoms with Gasteiger partial charge < -0.3 is 20.9 Å². The van der Waals surface area contributed by atoms with Gasteiger partial charge in [-0.1, -0.05) is 45.0 Å². The van der Waals surface area contributed by atoms with Crippen molar-refractivity contribution < 1.29 is 14.6 Å². The number of aliphatic hydroxyl groups is 1. The Balaban J connectivity index is 0.00000484. The van der Waals surface area contributed by atoms with Crippen LogP contribution in [0.2, 0.25) is 0 Å².